The van der Waals surface area contributed by atoms with Crippen molar-refractivity contribution in [3.05, 3.63) is 59.2 Å². The molecule has 0 amide bonds. The van der Waals surface area contributed by atoms with E-state index in [0.29, 0.717) is 17.0 Å². The normalized spacial score (nSPS) is 20.9. The Bertz CT molecular complexity index is 710. The Kier molecular flexibility index (Phi) is 6.13. The third-order valence-electron chi connectivity index (χ3n) is 6.12. The van der Waals surface area contributed by atoms with Crippen molar-refractivity contribution in [3.8, 4) is 0 Å². The third-order valence-corrected chi connectivity index (χ3v) is 6.12. The maximum atomic E-state index is 12.5. The second-order valence-electron chi connectivity index (χ2n) is 8.49. The summed E-state index contributed by atoms with van der Waals surface area (Å²) in [6.07, 6.45) is 7.55. The van der Waals surface area contributed by atoms with Gasteiger partial charge in [-0.05, 0) is 43.2 Å². The van der Waals surface area contributed by atoms with Crippen LogP contribution in [0.1, 0.15) is 63.9 Å². The fourth-order valence-electron chi connectivity index (χ4n) is 3.21. The van der Waals surface area contributed by atoms with Gasteiger partial charge in [0.25, 0.3) is 0 Å². The van der Waals surface area contributed by atoms with Crippen LogP contribution in [-0.4, -0.2) is 17.2 Å². The van der Waals surface area contributed by atoms with E-state index < -0.39 is 0 Å². The van der Waals surface area contributed by atoms with E-state index in [1.165, 1.54) is 5.57 Å². The molecule has 0 heterocycles. The Hall–Kier alpha value is -1.87. The lowest BCUT2D eigenvalue weighted by Crippen LogP contribution is -2.30. The minimum Gasteiger partial charge on any atom is -0.458 e. The maximum absolute atomic E-state index is 12.5. The van der Waals surface area contributed by atoms with Crippen molar-refractivity contribution < 1.29 is 14.6 Å². The zero-order chi connectivity index (χ0) is 19.5. The summed E-state index contributed by atoms with van der Waals surface area (Å²) >= 11 is 0. The summed E-state index contributed by atoms with van der Waals surface area (Å²) in [7, 11) is 0. The molecule has 3 heteroatoms. The minimum atomic E-state index is -0.387. The van der Waals surface area contributed by atoms with Gasteiger partial charge in [-0.15, -0.1) is 0 Å². The Morgan fingerprint density at radius 1 is 1.38 bits per heavy atom. The first kappa shape index (κ1) is 20.4. The summed E-state index contributed by atoms with van der Waals surface area (Å²) < 4.78 is 5.72. The van der Waals surface area contributed by atoms with Crippen LogP contribution in [-0.2, 0) is 11.3 Å². The van der Waals surface area contributed by atoms with Crippen molar-refractivity contribution in [1.82, 2.24) is 0 Å². The maximum Gasteiger partial charge on any atom is 0.338 e. The van der Waals surface area contributed by atoms with E-state index in [2.05, 4.69) is 52.8 Å². The standard InChI is InChI=1S/C23H32O3/c1-16-11-12-19(23(16,5)6)13-14-22(3,4)17(2)26-21(25)20-10-8-7-9-18(20)15-24/h7-11,13-14,17,19,24H,12,15H2,1-6H3/b14-13+. The number of aliphatic hydroxyl groups is 1. The van der Waals surface area contributed by atoms with Crippen LogP contribution in [0.3, 0.4) is 0 Å². The molecule has 3 nitrogen and oxygen atoms in total. The van der Waals surface area contributed by atoms with E-state index >= 15 is 0 Å². The molecule has 1 N–H and O–H groups in total. The van der Waals surface area contributed by atoms with Crippen molar-refractivity contribution >= 4 is 5.97 Å². The SMILES string of the molecule is CC1=CCC(/C=C/C(C)(C)C(C)OC(=O)c2ccccc2CO)C1(C)C. The highest BCUT2D eigenvalue weighted by Crippen LogP contribution is 2.44. The predicted molar refractivity (Wildman–Crippen MR) is 106 cm³/mol. The second-order valence-corrected chi connectivity index (χ2v) is 8.49. The Labute approximate surface area is 157 Å². The van der Waals surface area contributed by atoms with Gasteiger partial charge in [0.1, 0.15) is 6.10 Å². The molecule has 2 atom stereocenters. The first-order valence-electron chi connectivity index (χ1n) is 9.36. The average molecular weight is 357 g/mol. The summed E-state index contributed by atoms with van der Waals surface area (Å²) in [5.74, 6) is 0.0853. The van der Waals surface area contributed by atoms with Gasteiger partial charge in [-0.2, -0.15) is 0 Å². The van der Waals surface area contributed by atoms with Crippen LogP contribution in [0, 0.1) is 16.7 Å². The lowest BCUT2D eigenvalue weighted by molar-refractivity contribution is 0.0109. The van der Waals surface area contributed by atoms with E-state index in [0.717, 1.165) is 6.42 Å². The highest BCUT2D eigenvalue weighted by atomic mass is 16.5. The molecule has 26 heavy (non-hydrogen) atoms. The van der Waals surface area contributed by atoms with Crippen LogP contribution in [0.4, 0.5) is 0 Å². The van der Waals surface area contributed by atoms with Crippen LogP contribution in [0.5, 0.6) is 0 Å². The van der Waals surface area contributed by atoms with E-state index in [1.807, 2.05) is 6.92 Å². The van der Waals surface area contributed by atoms with Gasteiger partial charge >= 0.3 is 5.97 Å². The van der Waals surface area contributed by atoms with Gasteiger partial charge in [-0.25, -0.2) is 4.79 Å². The second kappa shape index (κ2) is 7.79. The Morgan fingerprint density at radius 2 is 2.04 bits per heavy atom. The molecular weight excluding hydrogens is 324 g/mol. The summed E-state index contributed by atoms with van der Waals surface area (Å²) in [6, 6.07) is 7.02. The third kappa shape index (κ3) is 4.27. The number of ether oxygens (including phenoxy) is 1. The highest BCUT2D eigenvalue weighted by Gasteiger charge is 2.34. The monoisotopic (exact) mass is 356 g/mol. The van der Waals surface area contributed by atoms with Gasteiger partial charge in [0, 0.05) is 5.41 Å². The number of hydrogen-bond acceptors (Lipinski definition) is 3. The minimum absolute atomic E-state index is 0.173. The zero-order valence-corrected chi connectivity index (χ0v) is 16.9. The van der Waals surface area contributed by atoms with E-state index in [-0.39, 0.29) is 29.5 Å². The number of aliphatic hydroxyl groups excluding tert-OH is 1. The predicted octanol–water partition coefficient (Wildman–Crippen LogP) is 5.30. The van der Waals surface area contributed by atoms with Crippen LogP contribution in [0.25, 0.3) is 0 Å². The number of allylic oxidation sites excluding steroid dienone is 3. The largest absolute Gasteiger partial charge is 0.458 e. The molecule has 0 aromatic heterocycles. The van der Waals surface area contributed by atoms with E-state index in [4.69, 9.17) is 4.74 Å². The fourth-order valence-corrected chi connectivity index (χ4v) is 3.21. The van der Waals surface area contributed by atoms with Crippen molar-refractivity contribution in [1.29, 1.82) is 0 Å². The van der Waals surface area contributed by atoms with E-state index in [9.17, 15) is 9.90 Å². The van der Waals surface area contributed by atoms with Crippen molar-refractivity contribution in [2.24, 2.45) is 16.7 Å². The summed E-state index contributed by atoms with van der Waals surface area (Å²) in [6.45, 7) is 12.7. The van der Waals surface area contributed by atoms with Gasteiger partial charge in [0.05, 0.1) is 12.2 Å². The van der Waals surface area contributed by atoms with Gasteiger partial charge < -0.3 is 9.84 Å². The Morgan fingerprint density at radius 3 is 2.62 bits per heavy atom. The molecule has 0 fully saturated rings. The molecule has 0 saturated carbocycles. The molecule has 1 aliphatic carbocycles. The van der Waals surface area contributed by atoms with Gasteiger partial charge in [-0.1, -0.05) is 69.7 Å². The van der Waals surface area contributed by atoms with E-state index in [1.54, 1.807) is 24.3 Å². The van der Waals surface area contributed by atoms with Crippen LogP contribution in [0.2, 0.25) is 0 Å². The molecule has 0 aliphatic heterocycles. The lowest BCUT2D eigenvalue weighted by Gasteiger charge is -2.31. The summed E-state index contributed by atoms with van der Waals surface area (Å²) in [5.41, 5.74) is 2.35. The quantitative estimate of drug-likeness (QED) is 0.556. The molecule has 0 spiro atoms. The van der Waals surface area contributed by atoms with Crippen LogP contribution >= 0.6 is 0 Å². The smallest absolute Gasteiger partial charge is 0.338 e. The van der Waals surface area contributed by atoms with Crippen LogP contribution in [0.15, 0.2) is 48.1 Å². The van der Waals surface area contributed by atoms with Gasteiger partial charge in [0.15, 0.2) is 0 Å². The first-order chi connectivity index (χ1) is 12.1. The molecular formula is C23H32O3. The molecule has 1 aliphatic rings. The number of carbonyl (C=O) groups excluding carboxylic acids is 1. The van der Waals surface area contributed by atoms with Crippen molar-refractivity contribution in [2.45, 2.75) is 60.7 Å². The molecule has 0 bridgehead atoms. The fraction of sp³-hybridized carbons (Fsp3) is 0.522. The Balaban J connectivity index is 2.07. The van der Waals surface area contributed by atoms with Crippen molar-refractivity contribution in [3.63, 3.8) is 0 Å². The summed E-state index contributed by atoms with van der Waals surface area (Å²) in [5, 5.41) is 9.41. The molecule has 0 saturated heterocycles. The number of esters is 1. The molecule has 142 valence electrons. The molecule has 2 unspecified atom stereocenters. The average Bonchev–Trinajstić information content (AvgIpc) is 2.85. The lowest BCUT2D eigenvalue weighted by atomic mass is 9.76. The zero-order valence-electron chi connectivity index (χ0n) is 16.9. The van der Waals surface area contributed by atoms with Crippen LogP contribution < -0.4 is 0 Å². The molecule has 1 aromatic rings. The number of benzene rings is 1. The van der Waals surface area contributed by atoms with Gasteiger partial charge in [0.2, 0.25) is 0 Å². The highest BCUT2D eigenvalue weighted by molar-refractivity contribution is 5.91. The number of rotatable bonds is 6. The number of carbonyl (C=O) groups is 1. The molecule has 2 rings (SSSR count). The molecule has 1 aromatic carbocycles. The summed E-state index contributed by atoms with van der Waals surface area (Å²) in [4.78, 5) is 12.5. The first-order valence-corrected chi connectivity index (χ1v) is 9.36. The number of hydrogen-bond donors (Lipinski definition) is 1. The van der Waals surface area contributed by atoms with Gasteiger partial charge in [-0.3, -0.25) is 0 Å². The molecule has 0 radical (unpaired) electrons. The van der Waals surface area contributed by atoms with Crippen molar-refractivity contribution in [2.75, 3.05) is 0 Å². The topological polar surface area (TPSA) is 46.5 Å².